The second-order valence-electron chi connectivity index (χ2n) is 13.4. The third-order valence-electron chi connectivity index (χ3n) is 9.43. The molecule has 0 aliphatic carbocycles. The molecule has 6 rings (SSSR count). The van der Waals surface area contributed by atoms with Crippen LogP contribution in [0, 0.1) is 0 Å². The van der Waals surface area contributed by atoms with E-state index in [4.69, 9.17) is 31.2 Å². The highest BCUT2D eigenvalue weighted by atomic mass is 32.2. The molecular weight excluding hydrogens is 801 g/mol. The number of rotatable bonds is 14. The summed E-state index contributed by atoms with van der Waals surface area (Å²) in [5, 5.41) is 9.51. The lowest BCUT2D eigenvalue weighted by Gasteiger charge is -2.27. The lowest BCUT2D eigenvalue weighted by atomic mass is 9.96. The van der Waals surface area contributed by atoms with Crippen LogP contribution < -0.4 is 9.47 Å². The predicted molar refractivity (Wildman–Crippen MR) is 204 cm³/mol. The zero-order valence-electron chi connectivity index (χ0n) is 30.5. The minimum atomic E-state index is -5.06. The molecule has 3 saturated heterocycles. The summed E-state index contributed by atoms with van der Waals surface area (Å²) in [6.07, 6.45) is -8.26. The Balaban J connectivity index is 1.18. The van der Waals surface area contributed by atoms with Crippen LogP contribution in [0.4, 0.5) is 26.3 Å². The maximum atomic E-state index is 13.9. The number of halogens is 6. The summed E-state index contributed by atoms with van der Waals surface area (Å²) < 4.78 is 106. The molecule has 57 heavy (non-hydrogen) atoms. The molecule has 0 spiro atoms. The lowest BCUT2D eigenvalue weighted by Crippen LogP contribution is -2.38. The summed E-state index contributed by atoms with van der Waals surface area (Å²) in [5.41, 5.74) is -2.13. The number of alkyl halides is 6. The highest BCUT2D eigenvalue weighted by molar-refractivity contribution is 8.26. The molecule has 306 valence electrons. The van der Waals surface area contributed by atoms with Gasteiger partial charge >= 0.3 is 18.3 Å². The Labute approximate surface area is 334 Å². The van der Waals surface area contributed by atoms with Gasteiger partial charge < -0.3 is 24.1 Å². The van der Waals surface area contributed by atoms with Gasteiger partial charge in [-0.1, -0.05) is 30.0 Å². The molecule has 0 radical (unpaired) electrons. The van der Waals surface area contributed by atoms with Gasteiger partial charge in [-0.2, -0.15) is 26.3 Å². The van der Waals surface area contributed by atoms with Crippen LogP contribution >= 0.6 is 24.0 Å². The van der Waals surface area contributed by atoms with E-state index >= 15 is 0 Å². The molecule has 10 nitrogen and oxygen atoms in total. The van der Waals surface area contributed by atoms with Crippen LogP contribution in [0.5, 0.6) is 11.5 Å². The third-order valence-corrected chi connectivity index (χ3v) is 10.8. The van der Waals surface area contributed by atoms with Gasteiger partial charge in [0, 0.05) is 56.9 Å². The van der Waals surface area contributed by atoms with Crippen molar-refractivity contribution in [3.05, 3.63) is 87.3 Å². The Morgan fingerprint density at radius 1 is 0.807 bits per heavy atom. The molecule has 0 saturated carbocycles. The number of thiocarbonyl (C=S) groups is 1. The number of thioether (sulfide) groups is 1. The van der Waals surface area contributed by atoms with E-state index < -0.39 is 35.4 Å². The van der Waals surface area contributed by atoms with Crippen molar-refractivity contribution in [1.29, 1.82) is 0 Å². The standard InChI is InChI=1S/C39H39F6N3O7S2/c40-38(41,42)29-21-27(22-30(23-29)39(43,44)45)31-18-25(2-4-33(31)55-17-11-46-7-13-52-14-8-46)19-34-35(49)48(37(56)57-34)6-1-12-54-32-5-3-26(36(50)51)20-28(32)24-47-9-15-53-16-10-47/h2-5,18-23H,1,6-17,24H2,(H,50,51). The fourth-order valence-corrected chi connectivity index (χ4v) is 7.74. The van der Waals surface area contributed by atoms with Crippen molar-refractivity contribution in [2.45, 2.75) is 25.3 Å². The highest BCUT2D eigenvalue weighted by Crippen LogP contribution is 2.42. The fourth-order valence-electron chi connectivity index (χ4n) is 6.43. The Kier molecular flexibility index (Phi) is 13.8. The molecule has 0 unspecified atom stereocenters. The van der Waals surface area contributed by atoms with Crippen molar-refractivity contribution in [3.63, 3.8) is 0 Å². The SMILES string of the molecule is O=C(O)c1ccc(OCCCN2C(=O)C(=Cc3ccc(OCCN4CCOCC4)c(-c4cc(C(F)(F)F)cc(C(F)(F)F)c4)c3)SC2=S)c(CN2CCOCC2)c1. The summed E-state index contributed by atoms with van der Waals surface area (Å²) in [6.45, 7) is 6.33. The summed E-state index contributed by atoms with van der Waals surface area (Å²) in [4.78, 5) is 31.0. The van der Waals surface area contributed by atoms with Crippen LogP contribution in [-0.4, -0.2) is 115 Å². The van der Waals surface area contributed by atoms with Crippen molar-refractivity contribution in [2.24, 2.45) is 0 Å². The first kappa shape index (κ1) is 42.4. The monoisotopic (exact) mass is 839 g/mol. The van der Waals surface area contributed by atoms with Crippen molar-refractivity contribution in [1.82, 2.24) is 14.7 Å². The first-order valence-corrected chi connectivity index (χ1v) is 19.3. The summed E-state index contributed by atoms with van der Waals surface area (Å²) in [5.74, 6) is -0.886. The number of hydrogen-bond acceptors (Lipinski definition) is 10. The smallest absolute Gasteiger partial charge is 0.416 e. The third kappa shape index (κ3) is 11.3. The maximum absolute atomic E-state index is 13.9. The minimum absolute atomic E-state index is 0.0145. The minimum Gasteiger partial charge on any atom is -0.493 e. The second kappa shape index (κ2) is 18.6. The normalized spacial score (nSPS) is 18.1. The van der Waals surface area contributed by atoms with Crippen LogP contribution in [0.3, 0.4) is 0 Å². The van der Waals surface area contributed by atoms with Gasteiger partial charge in [0.05, 0.1) is 54.6 Å². The number of morpholine rings is 2. The Morgan fingerprint density at radius 3 is 2.05 bits per heavy atom. The second-order valence-corrected chi connectivity index (χ2v) is 15.1. The van der Waals surface area contributed by atoms with Gasteiger partial charge in [-0.25, -0.2) is 4.79 Å². The van der Waals surface area contributed by atoms with Crippen LogP contribution in [-0.2, 0) is 33.2 Å². The zero-order valence-corrected chi connectivity index (χ0v) is 32.1. The van der Waals surface area contributed by atoms with Gasteiger partial charge in [0.2, 0.25) is 0 Å². The molecule has 18 heteroatoms. The van der Waals surface area contributed by atoms with Crippen molar-refractivity contribution in [3.8, 4) is 22.6 Å². The summed E-state index contributed by atoms with van der Waals surface area (Å²) in [7, 11) is 0. The molecule has 1 N–H and O–H groups in total. The van der Waals surface area contributed by atoms with E-state index in [1.54, 1.807) is 18.2 Å². The predicted octanol–water partition coefficient (Wildman–Crippen LogP) is 7.30. The van der Waals surface area contributed by atoms with Crippen molar-refractivity contribution < 1.29 is 60.0 Å². The molecule has 3 aliphatic rings. The van der Waals surface area contributed by atoms with E-state index in [2.05, 4.69) is 9.80 Å². The van der Waals surface area contributed by atoms with Gasteiger partial charge in [0.1, 0.15) is 22.4 Å². The van der Waals surface area contributed by atoms with E-state index in [9.17, 15) is 41.0 Å². The van der Waals surface area contributed by atoms with Crippen molar-refractivity contribution >= 4 is 46.3 Å². The van der Waals surface area contributed by atoms with E-state index in [0.29, 0.717) is 101 Å². The first-order valence-electron chi connectivity index (χ1n) is 18.1. The number of carbonyl (C=O) groups is 2. The molecule has 3 heterocycles. The first-order chi connectivity index (χ1) is 27.2. The lowest BCUT2D eigenvalue weighted by molar-refractivity contribution is -0.143. The van der Waals surface area contributed by atoms with Crippen LogP contribution in [0.25, 0.3) is 17.2 Å². The van der Waals surface area contributed by atoms with Crippen LogP contribution in [0.2, 0.25) is 0 Å². The average Bonchev–Trinajstić information content (AvgIpc) is 3.44. The summed E-state index contributed by atoms with van der Waals surface area (Å²) in [6, 6.07) is 10.4. The number of carboxylic acid groups (broad SMARTS) is 1. The average molecular weight is 840 g/mol. The molecular formula is C39H39F6N3O7S2. The van der Waals surface area contributed by atoms with E-state index in [0.717, 1.165) is 11.8 Å². The Hall–Kier alpha value is -4.20. The highest BCUT2D eigenvalue weighted by Gasteiger charge is 2.37. The van der Waals surface area contributed by atoms with Gasteiger partial charge in [0.25, 0.3) is 5.91 Å². The maximum Gasteiger partial charge on any atom is 0.416 e. The van der Waals surface area contributed by atoms with Crippen molar-refractivity contribution in [2.75, 3.05) is 78.9 Å². The van der Waals surface area contributed by atoms with Gasteiger partial charge in [-0.05, 0) is 72.2 Å². The topological polar surface area (TPSA) is 101 Å². The largest absolute Gasteiger partial charge is 0.493 e. The molecule has 0 aromatic heterocycles. The number of nitrogens with zero attached hydrogens (tertiary/aromatic N) is 3. The van der Waals surface area contributed by atoms with Crippen LogP contribution in [0.1, 0.15) is 39.0 Å². The quantitative estimate of drug-likeness (QED) is 0.0767. The van der Waals surface area contributed by atoms with E-state index in [1.165, 1.54) is 29.2 Å². The number of carboxylic acids is 1. The molecule has 0 atom stereocenters. The number of hydrogen-bond donors (Lipinski definition) is 1. The molecule has 3 fully saturated rings. The molecule has 3 aliphatic heterocycles. The molecule has 3 aromatic carbocycles. The van der Waals surface area contributed by atoms with E-state index in [-0.39, 0.29) is 57.5 Å². The Morgan fingerprint density at radius 2 is 1.42 bits per heavy atom. The number of amides is 1. The van der Waals surface area contributed by atoms with Gasteiger partial charge in [-0.3, -0.25) is 19.5 Å². The number of aromatic carboxylic acids is 1. The molecule has 1 amide bonds. The number of carbonyl (C=O) groups excluding carboxylic acids is 1. The van der Waals surface area contributed by atoms with Gasteiger partial charge in [0.15, 0.2) is 0 Å². The molecule has 3 aromatic rings. The number of benzene rings is 3. The fraction of sp³-hybridized carbons (Fsp3) is 0.410. The van der Waals surface area contributed by atoms with E-state index in [1.807, 2.05) is 0 Å². The van der Waals surface area contributed by atoms with Gasteiger partial charge in [-0.15, -0.1) is 0 Å². The van der Waals surface area contributed by atoms with Crippen LogP contribution in [0.15, 0.2) is 59.5 Å². The molecule has 0 bridgehead atoms. The summed E-state index contributed by atoms with van der Waals surface area (Å²) >= 11 is 6.51. The Bertz CT molecular complexity index is 1950. The number of ether oxygens (including phenoxy) is 4. The zero-order chi connectivity index (χ0) is 40.7.